The lowest BCUT2D eigenvalue weighted by molar-refractivity contribution is -0.189. The van der Waals surface area contributed by atoms with Gasteiger partial charge in [-0.3, -0.25) is 0 Å². The maximum absolute atomic E-state index is 12.2. The molecule has 0 amide bonds. The number of halogens is 3. The van der Waals surface area contributed by atoms with E-state index >= 15 is 0 Å². The summed E-state index contributed by atoms with van der Waals surface area (Å²) in [5.41, 5.74) is 1.17. The van der Waals surface area contributed by atoms with Crippen molar-refractivity contribution in [3.63, 3.8) is 0 Å². The number of esters is 1. The highest BCUT2D eigenvalue weighted by Gasteiger charge is 2.41. The Morgan fingerprint density at radius 3 is 2.38 bits per heavy atom. The molecule has 0 bridgehead atoms. The molecule has 2 aromatic carbocycles. The second kappa shape index (κ2) is 5.76. The Balaban J connectivity index is 2.29. The first kappa shape index (κ1) is 15.4. The number of ether oxygens (including phenoxy) is 1. The third-order valence-electron chi connectivity index (χ3n) is 3.46. The highest BCUT2D eigenvalue weighted by atomic mass is 19.4. The van der Waals surface area contributed by atoms with E-state index in [1.807, 2.05) is 18.2 Å². The second-order valence-corrected chi connectivity index (χ2v) is 4.96. The van der Waals surface area contributed by atoms with Crippen LogP contribution in [0, 0.1) is 0 Å². The molecule has 0 N–H and O–H groups in total. The van der Waals surface area contributed by atoms with Crippen molar-refractivity contribution >= 4 is 16.7 Å². The third-order valence-corrected chi connectivity index (χ3v) is 3.46. The average molecular weight is 296 g/mol. The van der Waals surface area contributed by atoms with Crippen LogP contribution in [0.3, 0.4) is 0 Å². The van der Waals surface area contributed by atoms with Crippen molar-refractivity contribution in [3.05, 3.63) is 42.0 Å². The van der Waals surface area contributed by atoms with Crippen molar-refractivity contribution in [1.82, 2.24) is 0 Å². The van der Waals surface area contributed by atoms with Crippen molar-refractivity contribution in [2.75, 3.05) is 0 Å². The van der Waals surface area contributed by atoms with Crippen LogP contribution in [0.4, 0.5) is 13.2 Å². The average Bonchev–Trinajstić information content (AvgIpc) is 2.44. The summed E-state index contributed by atoms with van der Waals surface area (Å²) in [5.74, 6) is -1.91. The van der Waals surface area contributed by atoms with Gasteiger partial charge in [0.1, 0.15) is 5.75 Å². The molecule has 0 fully saturated rings. The van der Waals surface area contributed by atoms with E-state index in [2.05, 4.69) is 18.6 Å². The molecular formula is C16H15F3O2. The summed E-state index contributed by atoms with van der Waals surface area (Å²) in [5, 5.41) is 1.63. The molecule has 1 atom stereocenters. The van der Waals surface area contributed by atoms with Crippen molar-refractivity contribution in [2.24, 2.45) is 0 Å². The zero-order chi connectivity index (χ0) is 15.6. The third kappa shape index (κ3) is 3.54. The SMILES string of the molecule is CCC(C)c1ccc2cc(OC(=O)C(F)(F)F)ccc2c1. The van der Waals surface area contributed by atoms with Gasteiger partial charge in [0, 0.05) is 0 Å². The van der Waals surface area contributed by atoms with Gasteiger partial charge < -0.3 is 4.74 Å². The van der Waals surface area contributed by atoms with Gasteiger partial charge in [0.25, 0.3) is 0 Å². The van der Waals surface area contributed by atoms with Gasteiger partial charge in [0.05, 0.1) is 0 Å². The summed E-state index contributed by atoms with van der Waals surface area (Å²) in [6.07, 6.45) is -3.98. The van der Waals surface area contributed by atoms with E-state index in [0.29, 0.717) is 5.92 Å². The monoisotopic (exact) mass is 296 g/mol. The molecule has 21 heavy (non-hydrogen) atoms. The standard InChI is InChI=1S/C16H15F3O2/c1-3-10(2)11-4-5-13-9-14(7-6-12(13)8-11)21-15(20)16(17,18)19/h4-10H,3H2,1-2H3. The number of fused-ring (bicyclic) bond motifs is 1. The molecular weight excluding hydrogens is 281 g/mol. The van der Waals surface area contributed by atoms with Gasteiger partial charge in [-0.1, -0.05) is 38.1 Å². The number of rotatable bonds is 3. The zero-order valence-corrected chi connectivity index (χ0v) is 11.7. The Kier molecular flexibility index (Phi) is 4.21. The molecule has 5 heteroatoms. The molecule has 0 saturated heterocycles. The van der Waals surface area contributed by atoms with E-state index < -0.39 is 12.1 Å². The first-order valence-electron chi connectivity index (χ1n) is 6.64. The van der Waals surface area contributed by atoms with E-state index in [1.165, 1.54) is 17.7 Å². The van der Waals surface area contributed by atoms with Crippen molar-refractivity contribution < 1.29 is 22.7 Å². The molecule has 0 aliphatic carbocycles. The number of hydrogen-bond acceptors (Lipinski definition) is 2. The van der Waals surface area contributed by atoms with Gasteiger partial charge in [-0.2, -0.15) is 13.2 Å². The van der Waals surface area contributed by atoms with Crippen LogP contribution in [0.2, 0.25) is 0 Å². The summed E-state index contributed by atoms with van der Waals surface area (Å²) in [7, 11) is 0. The summed E-state index contributed by atoms with van der Waals surface area (Å²) in [6.45, 7) is 4.20. The van der Waals surface area contributed by atoms with E-state index in [1.54, 1.807) is 6.07 Å². The minimum atomic E-state index is -4.99. The van der Waals surface area contributed by atoms with E-state index in [-0.39, 0.29) is 5.75 Å². The molecule has 0 spiro atoms. The molecule has 0 radical (unpaired) electrons. The predicted molar refractivity (Wildman–Crippen MR) is 74.3 cm³/mol. The van der Waals surface area contributed by atoms with Gasteiger partial charge in [0.15, 0.2) is 0 Å². The maximum atomic E-state index is 12.2. The fraction of sp³-hybridized carbons (Fsp3) is 0.312. The topological polar surface area (TPSA) is 26.3 Å². The minimum absolute atomic E-state index is 0.110. The predicted octanol–water partition coefficient (Wildman–Crippen LogP) is 4.82. The smallest absolute Gasteiger partial charge is 0.420 e. The number of benzene rings is 2. The van der Waals surface area contributed by atoms with Gasteiger partial charge >= 0.3 is 12.1 Å². The second-order valence-electron chi connectivity index (χ2n) is 4.96. The first-order valence-corrected chi connectivity index (χ1v) is 6.64. The number of hydrogen-bond donors (Lipinski definition) is 0. The largest absolute Gasteiger partial charge is 0.491 e. The molecule has 0 aliphatic heterocycles. The fourth-order valence-electron chi connectivity index (χ4n) is 2.01. The van der Waals surface area contributed by atoms with Gasteiger partial charge in [-0.25, -0.2) is 4.79 Å². The Hall–Kier alpha value is -2.04. The van der Waals surface area contributed by atoms with Gasteiger partial charge in [0.2, 0.25) is 0 Å². The van der Waals surface area contributed by atoms with Crippen LogP contribution in [0.15, 0.2) is 36.4 Å². The molecule has 2 rings (SSSR count). The normalized spacial score (nSPS) is 13.2. The lowest BCUT2D eigenvalue weighted by atomic mass is 9.96. The zero-order valence-electron chi connectivity index (χ0n) is 11.7. The van der Waals surface area contributed by atoms with Crippen LogP contribution < -0.4 is 4.74 Å². The van der Waals surface area contributed by atoms with E-state index in [4.69, 9.17) is 0 Å². The molecule has 112 valence electrons. The quantitative estimate of drug-likeness (QED) is 0.599. The molecule has 0 saturated carbocycles. The minimum Gasteiger partial charge on any atom is -0.420 e. The van der Waals surface area contributed by atoms with Crippen LogP contribution in [-0.2, 0) is 4.79 Å². The van der Waals surface area contributed by atoms with E-state index in [0.717, 1.165) is 17.2 Å². The molecule has 1 unspecified atom stereocenters. The Bertz CT molecular complexity index is 662. The van der Waals surface area contributed by atoms with E-state index in [9.17, 15) is 18.0 Å². The van der Waals surface area contributed by atoms with Gasteiger partial charge in [-0.15, -0.1) is 0 Å². The fourth-order valence-corrected chi connectivity index (χ4v) is 2.01. The summed E-state index contributed by atoms with van der Waals surface area (Å²) >= 11 is 0. The first-order chi connectivity index (χ1) is 9.81. The number of alkyl halides is 3. The Morgan fingerprint density at radius 1 is 1.14 bits per heavy atom. The van der Waals surface area contributed by atoms with Crippen molar-refractivity contribution in [1.29, 1.82) is 0 Å². The van der Waals surface area contributed by atoms with Gasteiger partial charge in [-0.05, 0) is 40.8 Å². The molecule has 0 heterocycles. The van der Waals surface area contributed by atoms with Crippen LogP contribution in [-0.4, -0.2) is 12.1 Å². The lowest BCUT2D eigenvalue weighted by Crippen LogP contribution is -2.27. The van der Waals surface area contributed by atoms with Crippen molar-refractivity contribution in [3.8, 4) is 5.75 Å². The highest BCUT2D eigenvalue weighted by molar-refractivity contribution is 5.86. The molecule has 2 aromatic rings. The van der Waals surface area contributed by atoms with Crippen LogP contribution in [0.1, 0.15) is 31.7 Å². The van der Waals surface area contributed by atoms with Crippen LogP contribution >= 0.6 is 0 Å². The Morgan fingerprint density at radius 2 is 1.76 bits per heavy atom. The summed E-state index contributed by atoms with van der Waals surface area (Å²) in [4.78, 5) is 10.8. The highest BCUT2D eigenvalue weighted by Crippen LogP contribution is 2.27. The van der Waals surface area contributed by atoms with Crippen LogP contribution in [0.5, 0.6) is 5.75 Å². The Labute approximate surface area is 120 Å². The molecule has 2 nitrogen and oxygen atoms in total. The summed E-state index contributed by atoms with van der Waals surface area (Å²) < 4.78 is 40.8. The van der Waals surface area contributed by atoms with Crippen molar-refractivity contribution in [2.45, 2.75) is 32.4 Å². The summed E-state index contributed by atoms with van der Waals surface area (Å²) in [6, 6.07) is 10.2. The maximum Gasteiger partial charge on any atom is 0.491 e. The molecule has 0 aromatic heterocycles. The van der Waals surface area contributed by atoms with Crippen LogP contribution in [0.25, 0.3) is 10.8 Å². The lowest BCUT2D eigenvalue weighted by Gasteiger charge is -2.11. The number of carbonyl (C=O) groups is 1. The molecule has 0 aliphatic rings. The number of carbonyl (C=O) groups excluding carboxylic acids is 1.